The maximum absolute atomic E-state index is 13.3. The van der Waals surface area contributed by atoms with Crippen molar-refractivity contribution in [3.8, 4) is 5.69 Å². The van der Waals surface area contributed by atoms with Gasteiger partial charge in [0.25, 0.3) is 5.56 Å². The van der Waals surface area contributed by atoms with E-state index in [2.05, 4.69) is 36.3 Å². The Kier molecular flexibility index (Phi) is 7.09. The summed E-state index contributed by atoms with van der Waals surface area (Å²) in [5.74, 6) is 0.625. The number of para-hydroxylation sites is 1. The summed E-state index contributed by atoms with van der Waals surface area (Å²) in [5.41, 5.74) is 2.52. The number of amides is 1. The van der Waals surface area contributed by atoms with E-state index >= 15 is 0 Å². The van der Waals surface area contributed by atoms with E-state index in [4.69, 9.17) is 0 Å². The molecule has 1 unspecified atom stereocenters. The number of rotatable bonds is 8. The highest BCUT2D eigenvalue weighted by Crippen LogP contribution is 2.24. The van der Waals surface area contributed by atoms with Crippen LogP contribution >= 0.6 is 11.8 Å². The Bertz CT molecular complexity index is 1040. The van der Waals surface area contributed by atoms with Crippen molar-refractivity contribution in [3.63, 3.8) is 0 Å². The molecule has 0 bridgehead atoms. The van der Waals surface area contributed by atoms with Gasteiger partial charge in [-0.3, -0.25) is 14.2 Å². The highest BCUT2D eigenvalue weighted by molar-refractivity contribution is 7.99. The first-order valence-corrected chi connectivity index (χ1v) is 11.0. The molecule has 1 atom stereocenters. The summed E-state index contributed by atoms with van der Waals surface area (Å²) in [5, 5.41) is 3.96. The monoisotopic (exact) mass is 409 g/mol. The number of benzene rings is 2. The Balaban J connectivity index is 2.02. The molecule has 152 valence electrons. The second-order valence-corrected chi connectivity index (χ2v) is 8.03. The van der Waals surface area contributed by atoms with E-state index in [1.807, 2.05) is 37.3 Å². The van der Waals surface area contributed by atoms with Crippen molar-refractivity contribution < 1.29 is 4.79 Å². The Morgan fingerprint density at radius 1 is 1.14 bits per heavy atom. The molecule has 29 heavy (non-hydrogen) atoms. The topological polar surface area (TPSA) is 64.0 Å². The molecule has 0 radical (unpaired) electrons. The summed E-state index contributed by atoms with van der Waals surface area (Å²) in [6.45, 7) is 7.01. The lowest BCUT2D eigenvalue weighted by molar-refractivity contribution is -0.118. The SMILES string of the molecule is CCCNC(=O)CSc1nc2ccccc2c(=O)n1-c1ccc(C(C)CC)cc1. The molecule has 6 heteroatoms. The van der Waals surface area contributed by atoms with Crippen molar-refractivity contribution in [2.45, 2.75) is 44.7 Å². The van der Waals surface area contributed by atoms with Crippen LogP contribution in [-0.4, -0.2) is 27.8 Å². The van der Waals surface area contributed by atoms with E-state index in [9.17, 15) is 9.59 Å². The maximum atomic E-state index is 13.3. The molecule has 5 nitrogen and oxygen atoms in total. The second kappa shape index (κ2) is 9.74. The third kappa shape index (κ3) is 4.88. The first-order chi connectivity index (χ1) is 14.0. The van der Waals surface area contributed by atoms with Gasteiger partial charge in [-0.1, -0.05) is 56.8 Å². The number of nitrogens with zero attached hydrogens (tertiary/aromatic N) is 2. The van der Waals surface area contributed by atoms with Gasteiger partial charge in [-0.05, 0) is 48.6 Å². The Labute approximate surface area is 175 Å². The number of hydrogen-bond donors (Lipinski definition) is 1. The molecule has 3 aromatic rings. The molecule has 0 aliphatic carbocycles. The van der Waals surface area contributed by atoms with Crippen molar-refractivity contribution >= 4 is 28.6 Å². The smallest absolute Gasteiger partial charge is 0.266 e. The molecule has 0 aliphatic heterocycles. The number of nitrogens with one attached hydrogen (secondary N) is 1. The molecule has 0 spiro atoms. The lowest BCUT2D eigenvalue weighted by atomic mass is 9.98. The molecule has 1 aromatic heterocycles. The summed E-state index contributed by atoms with van der Waals surface area (Å²) in [6, 6.07) is 15.4. The van der Waals surface area contributed by atoms with Gasteiger partial charge in [-0.2, -0.15) is 0 Å². The number of hydrogen-bond acceptors (Lipinski definition) is 4. The number of carbonyl (C=O) groups excluding carboxylic acids is 1. The van der Waals surface area contributed by atoms with Crippen LogP contribution < -0.4 is 10.9 Å². The van der Waals surface area contributed by atoms with E-state index in [1.54, 1.807) is 10.6 Å². The molecular formula is C23H27N3O2S. The predicted octanol–water partition coefficient (Wildman–Crippen LogP) is 4.52. The summed E-state index contributed by atoms with van der Waals surface area (Å²) in [7, 11) is 0. The van der Waals surface area contributed by atoms with Gasteiger partial charge in [0.1, 0.15) is 0 Å². The number of carbonyl (C=O) groups is 1. The Morgan fingerprint density at radius 3 is 2.55 bits per heavy atom. The largest absolute Gasteiger partial charge is 0.355 e. The fraction of sp³-hybridized carbons (Fsp3) is 0.348. The molecule has 0 saturated carbocycles. The standard InChI is InChI=1S/C23H27N3O2S/c1-4-14-24-21(27)15-29-23-25-20-9-7-6-8-19(20)22(28)26(23)18-12-10-17(11-13-18)16(3)5-2/h6-13,16H,4-5,14-15H2,1-3H3,(H,24,27). The normalized spacial score (nSPS) is 12.1. The van der Waals surface area contributed by atoms with Gasteiger partial charge in [0.2, 0.25) is 5.91 Å². The van der Waals surface area contributed by atoms with Crippen LogP contribution in [0.15, 0.2) is 58.5 Å². The summed E-state index contributed by atoms with van der Waals surface area (Å²) >= 11 is 1.28. The number of fused-ring (bicyclic) bond motifs is 1. The van der Waals surface area contributed by atoms with E-state index < -0.39 is 0 Å². The first kappa shape index (κ1) is 21.1. The van der Waals surface area contributed by atoms with Gasteiger partial charge in [-0.25, -0.2) is 4.98 Å². The van der Waals surface area contributed by atoms with Crippen molar-refractivity contribution in [1.82, 2.24) is 14.9 Å². The highest BCUT2D eigenvalue weighted by Gasteiger charge is 2.15. The van der Waals surface area contributed by atoms with Crippen LogP contribution in [0.4, 0.5) is 0 Å². The van der Waals surface area contributed by atoms with Gasteiger partial charge in [0.05, 0.1) is 22.3 Å². The molecule has 0 fully saturated rings. The van der Waals surface area contributed by atoms with Crippen LogP contribution in [0.5, 0.6) is 0 Å². The van der Waals surface area contributed by atoms with Crippen molar-refractivity contribution in [1.29, 1.82) is 0 Å². The number of aromatic nitrogens is 2. The zero-order valence-electron chi connectivity index (χ0n) is 17.1. The maximum Gasteiger partial charge on any atom is 0.266 e. The Hall–Kier alpha value is -2.60. The van der Waals surface area contributed by atoms with Crippen LogP contribution in [0.3, 0.4) is 0 Å². The van der Waals surface area contributed by atoms with Crippen LogP contribution in [0.25, 0.3) is 16.6 Å². The first-order valence-electron chi connectivity index (χ1n) is 10.1. The minimum atomic E-state index is -0.122. The fourth-order valence-corrected chi connectivity index (χ4v) is 3.91. The van der Waals surface area contributed by atoms with E-state index in [0.29, 0.717) is 28.5 Å². The van der Waals surface area contributed by atoms with Gasteiger partial charge in [0, 0.05) is 6.54 Å². The molecule has 1 N–H and O–H groups in total. The van der Waals surface area contributed by atoms with Crippen molar-refractivity contribution in [3.05, 3.63) is 64.4 Å². The summed E-state index contributed by atoms with van der Waals surface area (Å²) < 4.78 is 1.61. The average Bonchev–Trinajstić information content (AvgIpc) is 2.76. The van der Waals surface area contributed by atoms with E-state index in [-0.39, 0.29) is 17.2 Å². The minimum absolute atomic E-state index is 0.0575. The quantitative estimate of drug-likeness (QED) is 0.439. The average molecular weight is 410 g/mol. The van der Waals surface area contributed by atoms with Crippen molar-refractivity contribution in [2.24, 2.45) is 0 Å². The van der Waals surface area contributed by atoms with Gasteiger partial charge < -0.3 is 5.32 Å². The minimum Gasteiger partial charge on any atom is -0.355 e. The highest BCUT2D eigenvalue weighted by atomic mass is 32.2. The molecule has 0 saturated heterocycles. The molecule has 0 aliphatic rings. The van der Waals surface area contributed by atoms with Gasteiger partial charge in [0.15, 0.2) is 5.16 Å². The zero-order chi connectivity index (χ0) is 20.8. The van der Waals surface area contributed by atoms with Gasteiger partial charge in [-0.15, -0.1) is 0 Å². The second-order valence-electron chi connectivity index (χ2n) is 7.09. The third-order valence-corrected chi connectivity index (χ3v) is 5.92. The Morgan fingerprint density at radius 2 is 1.86 bits per heavy atom. The molecule has 3 rings (SSSR count). The lowest BCUT2D eigenvalue weighted by Gasteiger charge is -2.15. The molecular weight excluding hydrogens is 382 g/mol. The summed E-state index contributed by atoms with van der Waals surface area (Å²) in [4.78, 5) is 30.0. The van der Waals surface area contributed by atoms with Crippen molar-refractivity contribution in [2.75, 3.05) is 12.3 Å². The zero-order valence-corrected chi connectivity index (χ0v) is 18.0. The third-order valence-electron chi connectivity index (χ3n) is 4.98. The molecule has 1 amide bonds. The lowest BCUT2D eigenvalue weighted by Crippen LogP contribution is -2.27. The van der Waals surface area contributed by atoms with Crippen LogP contribution in [0.2, 0.25) is 0 Å². The number of thioether (sulfide) groups is 1. The van der Waals surface area contributed by atoms with E-state index in [1.165, 1.54) is 17.3 Å². The van der Waals surface area contributed by atoms with Gasteiger partial charge >= 0.3 is 0 Å². The van der Waals surface area contributed by atoms with Crippen LogP contribution in [-0.2, 0) is 4.79 Å². The van der Waals surface area contributed by atoms with Crippen LogP contribution in [0.1, 0.15) is 45.1 Å². The predicted molar refractivity (Wildman–Crippen MR) is 120 cm³/mol. The molecule has 1 heterocycles. The summed E-state index contributed by atoms with van der Waals surface area (Å²) in [6.07, 6.45) is 1.95. The molecule has 2 aromatic carbocycles. The fourth-order valence-electron chi connectivity index (χ4n) is 3.07. The van der Waals surface area contributed by atoms with Crippen LogP contribution in [0, 0.1) is 0 Å². The van der Waals surface area contributed by atoms with E-state index in [0.717, 1.165) is 18.5 Å².